The second-order valence-electron chi connectivity index (χ2n) is 5.69. The number of amides is 1. The maximum atomic E-state index is 12.4. The maximum Gasteiger partial charge on any atom is 0.336 e. The molecule has 1 amide bonds. The lowest BCUT2D eigenvalue weighted by atomic mass is 10.0. The third-order valence-corrected chi connectivity index (χ3v) is 4.44. The summed E-state index contributed by atoms with van der Waals surface area (Å²) >= 11 is 12.0. The van der Waals surface area contributed by atoms with E-state index in [0.717, 1.165) is 0 Å². The van der Waals surface area contributed by atoms with E-state index in [2.05, 4.69) is 5.10 Å². The van der Waals surface area contributed by atoms with Crippen LogP contribution in [0, 0.1) is 0 Å². The third-order valence-electron chi connectivity index (χ3n) is 4.01. The number of benzene rings is 2. The average Bonchev–Trinajstić information content (AvgIpc) is 2.95. The Balaban J connectivity index is 1.96. The number of carbonyl (C=O) groups is 2. The largest absolute Gasteiger partial charge is 0.478 e. The summed E-state index contributed by atoms with van der Waals surface area (Å²) in [7, 11) is 0. The lowest BCUT2D eigenvalue weighted by molar-refractivity contribution is -0.130. The fraction of sp³-hybridized carbons (Fsp3) is 0.167. The van der Waals surface area contributed by atoms with Gasteiger partial charge in [0.15, 0.2) is 0 Å². The van der Waals surface area contributed by atoms with E-state index < -0.39 is 12.0 Å². The van der Waals surface area contributed by atoms with Gasteiger partial charge in [0, 0.05) is 15.6 Å². The summed E-state index contributed by atoms with van der Waals surface area (Å²) < 4.78 is 0. The van der Waals surface area contributed by atoms with Crippen molar-refractivity contribution in [2.75, 3.05) is 0 Å². The summed E-state index contributed by atoms with van der Waals surface area (Å²) in [5.41, 5.74) is 1.90. The molecule has 1 heterocycles. The van der Waals surface area contributed by atoms with Crippen molar-refractivity contribution in [2.24, 2.45) is 5.10 Å². The molecular formula is C18H14Cl2N2O3. The van der Waals surface area contributed by atoms with E-state index in [9.17, 15) is 14.7 Å². The predicted octanol–water partition coefficient (Wildman–Crippen LogP) is 4.39. The van der Waals surface area contributed by atoms with Gasteiger partial charge in [0.25, 0.3) is 0 Å². The highest BCUT2D eigenvalue weighted by Gasteiger charge is 2.31. The van der Waals surface area contributed by atoms with Crippen LogP contribution < -0.4 is 0 Å². The highest BCUT2D eigenvalue weighted by atomic mass is 35.5. The van der Waals surface area contributed by atoms with E-state index in [1.165, 1.54) is 11.1 Å². The molecule has 3 rings (SSSR count). The summed E-state index contributed by atoms with van der Waals surface area (Å²) in [6.07, 6.45) is 0.107. The van der Waals surface area contributed by atoms with Crippen LogP contribution in [0.15, 0.2) is 47.6 Å². The molecule has 0 spiro atoms. The second-order valence-corrected chi connectivity index (χ2v) is 6.56. The molecule has 2 aromatic rings. The number of carbonyl (C=O) groups excluding carboxylic acids is 1. The van der Waals surface area contributed by atoms with Gasteiger partial charge in [0.05, 0.1) is 23.7 Å². The van der Waals surface area contributed by atoms with E-state index in [1.807, 2.05) is 0 Å². The molecule has 0 saturated carbocycles. The molecule has 0 aliphatic carbocycles. The minimum absolute atomic E-state index is 0.107. The first-order valence-corrected chi connectivity index (χ1v) is 8.30. The first-order valence-electron chi connectivity index (χ1n) is 7.55. The number of carboxylic acid groups (broad SMARTS) is 1. The van der Waals surface area contributed by atoms with Crippen LogP contribution in [0.2, 0.25) is 10.0 Å². The van der Waals surface area contributed by atoms with Gasteiger partial charge in [-0.15, -0.1) is 0 Å². The lowest BCUT2D eigenvalue weighted by Crippen LogP contribution is -2.25. The van der Waals surface area contributed by atoms with Crippen molar-refractivity contribution in [1.29, 1.82) is 0 Å². The van der Waals surface area contributed by atoms with Crippen molar-refractivity contribution in [3.05, 3.63) is 69.2 Å². The summed E-state index contributed by atoms with van der Waals surface area (Å²) in [5, 5.41) is 16.0. The number of halogens is 2. The Morgan fingerprint density at radius 3 is 2.48 bits per heavy atom. The molecule has 7 heteroatoms. The van der Waals surface area contributed by atoms with Crippen LogP contribution in [0.25, 0.3) is 0 Å². The molecule has 0 fully saturated rings. The minimum Gasteiger partial charge on any atom is -0.478 e. The van der Waals surface area contributed by atoms with E-state index in [0.29, 0.717) is 26.9 Å². The van der Waals surface area contributed by atoms with E-state index >= 15 is 0 Å². The number of hydrogen-bond donors (Lipinski definition) is 1. The Kier molecular flexibility index (Phi) is 4.79. The molecule has 1 aliphatic rings. The van der Waals surface area contributed by atoms with Crippen molar-refractivity contribution in [2.45, 2.75) is 19.4 Å². The SMILES string of the molecule is CC(c1ccccc1C(=O)O)N1N=C(c2cc(Cl)cc(Cl)c2)CC1=O. The smallest absolute Gasteiger partial charge is 0.336 e. The van der Waals surface area contributed by atoms with Gasteiger partial charge in [0.1, 0.15) is 0 Å². The van der Waals surface area contributed by atoms with Gasteiger partial charge in [-0.1, -0.05) is 41.4 Å². The number of rotatable bonds is 4. The highest BCUT2D eigenvalue weighted by Crippen LogP contribution is 2.30. The zero-order chi connectivity index (χ0) is 18.1. The van der Waals surface area contributed by atoms with Crippen molar-refractivity contribution >= 4 is 40.8 Å². The summed E-state index contributed by atoms with van der Waals surface area (Å²) in [4.78, 5) is 23.8. The molecular weight excluding hydrogens is 363 g/mol. The molecule has 5 nitrogen and oxygen atoms in total. The summed E-state index contributed by atoms with van der Waals surface area (Å²) in [5.74, 6) is -1.25. The lowest BCUT2D eigenvalue weighted by Gasteiger charge is -2.22. The number of hydrazone groups is 1. The van der Waals surface area contributed by atoms with Crippen LogP contribution in [-0.4, -0.2) is 27.7 Å². The molecule has 0 saturated heterocycles. The normalized spacial score (nSPS) is 15.2. The van der Waals surface area contributed by atoms with Gasteiger partial charge in [-0.05, 0) is 36.8 Å². The molecule has 2 aromatic carbocycles. The number of aromatic carboxylic acids is 1. The molecule has 0 aromatic heterocycles. The standard InChI is InChI=1S/C18H14Cl2N2O3/c1-10(14-4-2-3-5-15(14)18(24)25)22-17(23)9-16(21-22)11-6-12(19)8-13(20)7-11/h2-8,10H,9H2,1H3,(H,24,25). The monoisotopic (exact) mass is 376 g/mol. The van der Waals surface area contributed by atoms with Crippen molar-refractivity contribution in [3.63, 3.8) is 0 Å². The Hall–Kier alpha value is -2.37. The second kappa shape index (κ2) is 6.86. The van der Waals surface area contributed by atoms with Gasteiger partial charge in [0.2, 0.25) is 5.91 Å². The Labute approximate surface area is 154 Å². The van der Waals surface area contributed by atoms with Gasteiger partial charge in [-0.2, -0.15) is 5.10 Å². The molecule has 1 unspecified atom stereocenters. The van der Waals surface area contributed by atoms with Crippen LogP contribution >= 0.6 is 23.2 Å². The molecule has 1 N–H and O–H groups in total. The van der Waals surface area contributed by atoms with Crippen molar-refractivity contribution in [3.8, 4) is 0 Å². The van der Waals surface area contributed by atoms with E-state index in [1.54, 1.807) is 43.3 Å². The van der Waals surface area contributed by atoms with E-state index in [-0.39, 0.29) is 17.9 Å². The van der Waals surface area contributed by atoms with Crippen LogP contribution in [0.5, 0.6) is 0 Å². The zero-order valence-corrected chi connectivity index (χ0v) is 14.8. The van der Waals surface area contributed by atoms with Gasteiger partial charge >= 0.3 is 5.97 Å². The molecule has 1 atom stereocenters. The highest BCUT2D eigenvalue weighted by molar-refractivity contribution is 6.35. The Morgan fingerprint density at radius 1 is 1.20 bits per heavy atom. The van der Waals surface area contributed by atoms with Crippen LogP contribution in [0.4, 0.5) is 0 Å². The summed E-state index contributed by atoms with van der Waals surface area (Å²) in [6.45, 7) is 1.75. The first-order chi connectivity index (χ1) is 11.9. The fourth-order valence-electron chi connectivity index (χ4n) is 2.82. The predicted molar refractivity (Wildman–Crippen MR) is 96.3 cm³/mol. The van der Waals surface area contributed by atoms with Crippen LogP contribution in [-0.2, 0) is 4.79 Å². The Bertz CT molecular complexity index is 875. The quantitative estimate of drug-likeness (QED) is 0.859. The third kappa shape index (κ3) is 3.52. The van der Waals surface area contributed by atoms with Gasteiger partial charge in [-0.3, -0.25) is 4.79 Å². The number of nitrogens with zero attached hydrogens (tertiary/aromatic N) is 2. The van der Waals surface area contributed by atoms with Crippen LogP contribution in [0.1, 0.15) is 40.9 Å². The number of carboxylic acids is 1. The number of hydrogen-bond acceptors (Lipinski definition) is 3. The van der Waals surface area contributed by atoms with E-state index in [4.69, 9.17) is 23.2 Å². The molecule has 1 aliphatic heterocycles. The average molecular weight is 377 g/mol. The van der Waals surface area contributed by atoms with Crippen LogP contribution in [0.3, 0.4) is 0 Å². The molecule has 128 valence electrons. The summed E-state index contributed by atoms with van der Waals surface area (Å²) in [6, 6.07) is 11.1. The zero-order valence-electron chi connectivity index (χ0n) is 13.2. The van der Waals surface area contributed by atoms with Gasteiger partial charge in [-0.25, -0.2) is 9.80 Å². The molecule has 0 radical (unpaired) electrons. The first kappa shape index (κ1) is 17.5. The Morgan fingerprint density at radius 2 is 1.84 bits per heavy atom. The fourth-order valence-corrected chi connectivity index (χ4v) is 3.34. The maximum absolute atomic E-state index is 12.4. The molecule has 0 bridgehead atoms. The van der Waals surface area contributed by atoms with Crippen molar-refractivity contribution < 1.29 is 14.7 Å². The topological polar surface area (TPSA) is 70.0 Å². The van der Waals surface area contributed by atoms with Crippen molar-refractivity contribution in [1.82, 2.24) is 5.01 Å². The minimum atomic E-state index is -1.04. The van der Waals surface area contributed by atoms with Gasteiger partial charge < -0.3 is 5.11 Å². The molecule has 25 heavy (non-hydrogen) atoms.